The molecule has 2 aliphatic carbocycles. The zero-order chi connectivity index (χ0) is 10.4. The lowest BCUT2D eigenvalue weighted by Crippen LogP contribution is -2.16. The summed E-state index contributed by atoms with van der Waals surface area (Å²) in [6, 6.07) is 2.77. The van der Waals surface area contributed by atoms with Crippen molar-refractivity contribution in [3.05, 3.63) is 17.5 Å². The molecule has 3 atom stereocenters. The molecule has 0 N–H and O–H groups in total. The van der Waals surface area contributed by atoms with Crippen molar-refractivity contribution >= 4 is 0 Å². The van der Waals surface area contributed by atoms with E-state index in [9.17, 15) is 0 Å². The van der Waals surface area contributed by atoms with Gasteiger partial charge in [-0.1, -0.05) is 6.42 Å². The monoisotopic (exact) mass is 201 g/mol. The van der Waals surface area contributed by atoms with Crippen LogP contribution in [0, 0.1) is 30.1 Å². The third-order valence-electron chi connectivity index (χ3n) is 4.08. The number of hydrogen-bond acceptors (Lipinski definition) is 2. The second kappa shape index (κ2) is 3.10. The van der Waals surface area contributed by atoms with Crippen LogP contribution in [0.3, 0.4) is 0 Å². The molecule has 2 aliphatic rings. The Morgan fingerprint density at radius 3 is 2.87 bits per heavy atom. The van der Waals surface area contributed by atoms with Gasteiger partial charge in [-0.25, -0.2) is 0 Å². The van der Waals surface area contributed by atoms with Crippen molar-refractivity contribution < 1.29 is 0 Å². The first-order valence-corrected chi connectivity index (χ1v) is 5.74. The first-order chi connectivity index (χ1) is 7.28. The highest BCUT2D eigenvalue weighted by atomic mass is 15.3. The van der Waals surface area contributed by atoms with Crippen LogP contribution < -0.4 is 0 Å². The molecule has 3 unspecified atom stereocenters. The third-order valence-corrected chi connectivity index (χ3v) is 4.08. The lowest BCUT2D eigenvalue weighted by atomic mass is 9.96. The van der Waals surface area contributed by atoms with Crippen LogP contribution in [0.5, 0.6) is 0 Å². The van der Waals surface area contributed by atoms with Gasteiger partial charge in [0.2, 0.25) is 0 Å². The summed E-state index contributed by atoms with van der Waals surface area (Å²) in [6.07, 6.45) is 7.35. The summed E-state index contributed by atoms with van der Waals surface area (Å²) in [4.78, 5) is 0. The molecule has 3 rings (SSSR count). The summed E-state index contributed by atoms with van der Waals surface area (Å²) in [5, 5.41) is 13.4. The van der Waals surface area contributed by atoms with Crippen molar-refractivity contribution in [1.82, 2.24) is 9.78 Å². The Labute approximate surface area is 89.7 Å². The molecule has 3 nitrogen and oxygen atoms in total. The van der Waals surface area contributed by atoms with E-state index in [-0.39, 0.29) is 0 Å². The van der Waals surface area contributed by atoms with Crippen molar-refractivity contribution in [3.63, 3.8) is 0 Å². The van der Waals surface area contributed by atoms with E-state index < -0.39 is 0 Å². The number of nitrogens with zero attached hydrogens (tertiary/aromatic N) is 3. The van der Waals surface area contributed by atoms with Crippen molar-refractivity contribution in [2.45, 2.75) is 38.6 Å². The van der Waals surface area contributed by atoms with Crippen molar-refractivity contribution in [3.8, 4) is 6.07 Å². The van der Waals surface area contributed by atoms with Gasteiger partial charge in [-0.2, -0.15) is 10.4 Å². The summed E-state index contributed by atoms with van der Waals surface area (Å²) in [5.74, 6) is 1.75. The second-order valence-corrected chi connectivity index (χ2v) is 4.96. The third kappa shape index (κ3) is 1.28. The zero-order valence-electron chi connectivity index (χ0n) is 8.98. The molecule has 2 saturated carbocycles. The van der Waals surface area contributed by atoms with Gasteiger partial charge in [-0.3, -0.25) is 4.68 Å². The fourth-order valence-electron chi connectivity index (χ4n) is 3.30. The van der Waals surface area contributed by atoms with E-state index in [0.717, 1.165) is 23.1 Å². The molecule has 0 radical (unpaired) electrons. The van der Waals surface area contributed by atoms with Gasteiger partial charge in [-0.15, -0.1) is 0 Å². The largest absolute Gasteiger partial charge is 0.268 e. The molecule has 2 bridgehead atoms. The molecule has 0 saturated heterocycles. The van der Waals surface area contributed by atoms with Gasteiger partial charge in [0.05, 0.1) is 17.3 Å². The molecular weight excluding hydrogens is 186 g/mol. The average Bonchev–Trinajstić information content (AvgIpc) is 2.90. The van der Waals surface area contributed by atoms with Gasteiger partial charge in [0.15, 0.2) is 0 Å². The molecule has 15 heavy (non-hydrogen) atoms. The van der Waals surface area contributed by atoms with Gasteiger partial charge in [-0.05, 0) is 38.0 Å². The van der Waals surface area contributed by atoms with Crippen LogP contribution in [0.25, 0.3) is 0 Å². The zero-order valence-corrected chi connectivity index (χ0v) is 8.98. The number of hydrogen-bond donors (Lipinski definition) is 0. The molecule has 0 amide bonds. The number of rotatable bonds is 1. The minimum atomic E-state index is 0.574. The number of aryl methyl sites for hydroxylation is 1. The standard InChI is InChI=1S/C12H15N3/c1-8-11(6-13)7-15(14-8)12-5-9-2-3-10(12)4-9/h7,9-10,12H,2-5H2,1H3. The molecule has 78 valence electrons. The molecular formula is C12H15N3. The first kappa shape index (κ1) is 8.96. The van der Waals surface area contributed by atoms with Gasteiger partial charge in [0.1, 0.15) is 6.07 Å². The van der Waals surface area contributed by atoms with E-state index in [1.54, 1.807) is 0 Å². The molecule has 2 fully saturated rings. The second-order valence-electron chi connectivity index (χ2n) is 4.96. The smallest absolute Gasteiger partial charge is 0.103 e. The maximum Gasteiger partial charge on any atom is 0.103 e. The van der Waals surface area contributed by atoms with E-state index in [2.05, 4.69) is 15.8 Å². The maximum atomic E-state index is 8.90. The summed E-state index contributed by atoms with van der Waals surface area (Å²) < 4.78 is 2.05. The normalized spacial score (nSPS) is 33.2. The van der Waals surface area contributed by atoms with Gasteiger partial charge in [0, 0.05) is 6.20 Å². The van der Waals surface area contributed by atoms with E-state index >= 15 is 0 Å². The van der Waals surface area contributed by atoms with Crippen LogP contribution >= 0.6 is 0 Å². The Balaban J connectivity index is 1.91. The number of fused-ring (bicyclic) bond motifs is 2. The summed E-state index contributed by atoms with van der Waals surface area (Å²) in [7, 11) is 0. The van der Waals surface area contributed by atoms with Gasteiger partial charge in [0.25, 0.3) is 0 Å². The van der Waals surface area contributed by atoms with E-state index in [1.165, 1.54) is 25.7 Å². The predicted molar refractivity (Wildman–Crippen MR) is 56.2 cm³/mol. The Bertz CT molecular complexity index is 427. The molecule has 3 heteroatoms. The van der Waals surface area contributed by atoms with Crippen LogP contribution in [0.2, 0.25) is 0 Å². The predicted octanol–water partition coefficient (Wildman–Crippen LogP) is 2.42. The highest BCUT2D eigenvalue weighted by Crippen LogP contribution is 2.50. The molecule has 1 aromatic rings. The first-order valence-electron chi connectivity index (χ1n) is 5.74. The average molecular weight is 201 g/mol. The summed E-state index contributed by atoms with van der Waals surface area (Å²) in [6.45, 7) is 1.92. The summed E-state index contributed by atoms with van der Waals surface area (Å²) >= 11 is 0. The van der Waals surface area contributed by atoms with Crippen molar-refractivity contribution in [1.29, 1.82) is 5.26 Å². The van der Waals surface area contributed by atoms with E-state index in [0.29, 0.717) is 6.04 Å². The highest BCUT2D eigenvalue weighted by Gasteiger charge is 2.40. The van der Waals surface area contributed by atoms with Gasteiger partial charge >= 0.3 is 0 Å². The Morgan fingerprint density at radius 2 is 2.33 bits per heavy atom. The minimum absolute atomic E-state index is 0.574. The molecule has 0 aromatic carbocycles. The van der Waals surface area contributed by atoms with Crippen LogP contribution in [0.4, 0.5) is 0 Å². The van der Waals surface area contributed by atoms with Crippen LogP contribution in [-0.2, 0) is 0 Å². The van der Waals surface area contributed by atoms with Crippen molar-refractivity contribution in [2.24, 2.45) is 11.8 Å². The lowest BCUT2D eigenvalue weighted by Gasteiger charge is -2.21. The number of aromatic nitrogens is 2. The van der Waals surface area contributed by atoms with Crippen LogP contribution in [0.1, 0.15) is 43.0 Å². The fraction of sp³-hybridized carbons (Fsp3) is 0.667. The molecule has 1 heterocycles. The lowest BCUT2D eigenvalue weighted by molar-refractivity contribution is 0.306. The Kier molecular flexibility index (Phi) is 1.85. The van der Waals surface area contributed by atoms with E-state index in [1.807, 2.05) is 13.1 Å². The van der Waals surface area contributed by atoms with Crippen LogP contribution in [0.15, 0.2) is 6.20 Å². The minimum Gasteiger partial charge on any atom is -0.268 e. The maximum absolute atomic E-state index is 8.90. The highest BCUT2D eigenvalue weighted by molar-refractivity contribution is 5.30. The molecule has 0 spiro atoms. The molecule has 1 aromatic heterocycles. The Morgan fingerprint density at radius 1 is 1.47 bits per heavy atom. The quantitative estimate of drug-likeness (QED) is 0.700. The SMILES string of the molecule is Cc1nn(C2CC3CCC2C3)cc1C#N. The molecule has 0 aliphatic heterocycles. The van der Waals surface area contributed by atoms with E-state index in [4.69, 9.17) is 5.26 Å². The summed E-state index contributed by atoms with van der Waals surface area (Å²) in [5.41, 5.74) is 1.61. The van der Waals surface area contributed by atoms with Crippen molar-refractivity contribution in [2.75, 3.05) is 0 Å². The Hall–Kier alpha value is -1.30. The van der Waals surface area contributed by atoms with Gasteiger partial charge < -0.3 is 0 Å². The fourth-order valence-corrected chi connectivity index (χ4v) is 3.30. The topological polar surface area (TPSA) is 41.6 Å². The number of nitriles is 1. The van der Waals surface area contributed by atoms with Crippen LogP contribution in [-0.4, -0.2) is 9.78 Å².